The van der Waals surface area contributed by atoms with Gasteiger partial charge in [0.2, 0.25) is 23.4 Å². The molecule has 2 amide bonds. The third-order valence-electron chi connectivity index (χ3n) is 2.85. The lowest BCUT2D eigenvalue weighted by atomic mass is 10.2. The van der Waals surface area contributed by atoms with Gasteiger partial charge in [-0.1, -0.05) is 6.92 Å². The molecule has 0 bridgehead atoms. The number of hydrogen-bond donors (Lipinski definition) is 5. The fourth-order valence-electron chi connectivity index (χ4n) is 1.53. The maximum absolute atomic E-state index is 11.5. The second kappa shape index (κ2) is 16.5. The number of rotatable bonds is 17. The Morgan fingerprint density at radius 2 is 1.38 bits per heavy atom. The first-order valence-electron chi connectivity index (χ1n) is 8.41. The highest BCUT2D eigenvalue weighted by molar-refractivity contribution is 6.39. The number of nitrogens with one attached hydrogen (secondary N) is 4. The zero-order valence-electron chi connectivity index (χ0n) is 15.1. The Morgan fingerprint density at radius 3 is 2.04 bits per heavy atom. The zero-order valence-corrected chi connectivity index (χ0v) is 15.1. The van der Waals surface area contributed by atoms with Crippen LogP contribution in [0.3, 0.4) is 0 Å². The molecule has 0 saturated heterocycles. The average Bonchev–Trinajstić information content (AvgIpc) is 2.64. The van der Waals surface area contributed by atoms with Crippen molar-refractivity contribution in [2.75, 3.05) is 59.2 Å². The summed E-state index contributed by atoms with van der Waals surface area (Å²) in [5, 5.41) is 4.82. The lowest BCUT2D eigenvalue weighted by molar-refractivity contribution is -0.136. The summed E-state index contributed by atoms with van der Waals surface area (Å²) in [5.74, 6) is -2.30. The van der Waals surface area contributed by atoms with Gasteiger partial charge in [0, 0.05) is 13.2 Å². The Balaban J connectivity index is 3.54. The largest absolute Gasteiger partial charge is 0.379 e. The predicted octanol–water partition coefficient (Wildman–Crippen LogP) is -3.15. The minimum Gasteiger partial charge on any atom is -0.379 e. The monoisotopic (exact) mass is 375 g/mol. The van der Waals surface area contributed by atoms with Crippen LogP contribution in [0.15, 0.2) is 0 Å². The molecule has 0 atom stereocenters. The van der Waals surface area contributed by atoms with E-state index >= 15 is 0 Å². The molecular formula is C15H29N5O6. The molecule has 0 saturated carbocycles. The number of amides is 2. The zero-order chi connectivity index (χ0) is 19.6. The van der Waals surface area contributed by atoms with Crippen LogP contribution in [0, 0.1) is 0 Å². The van der Waals surface area contributed by atoms with Gasteiger partial charge in [0.15, 0.2) is 0 Å². The number of ketones is 2. The normalized spacial score (nSPS) is 10.4. The van der Waals surface area contributed by atoms with Gasteiger partial charge in [-0.3, -0.25) is 19.2 Å². The average molecular weight is 375 g/mol. The van der Waals surface area contributed by atoms with Crippen LogP contribution in [0.5, 0.6) is 0 Å². The summed E-state index contributed by atoms with van der Waals surface area (Å²) in [6.45, 7) is 3.41. The van der Waals surface area contributed by atoms with Crippen molar-refractivity contribution in [1.82, 2.24) is 21.5 Å². The molecule has 26 heavy (non-hydrogen) atoms. The lowest BCUT2D eigenvalue weighted by Gasteiger charge is -2.08. The Bertz CT molecular complexity index is 446. The van der Waals surface area contributed by atoms with Gasteiger partial charge < -0.3 is 25.8 Å². The van der Waals surface area contributed by atoms with Gasteiger partial charge in [-0.05, 0) is 6.42 Å². The molecule has 0 fully saturated rings. The minimum absolute atomic E-state index is 0.0784. The van der Waals surface area contributed by atoms with Crippen LogP contribution in [0.25, 0.3) is 0 Å². The molecule has 0 aromatic rings. The molecule has 0 heterocycles. The summed E-state index contributed by atoms with van der Waals surface area (Å²) < 4.78 is 10.5. The van der Waals surface area contributed by atoms with Gasteiger partial charge in [0.1, 0.15) is 0 Å². The minimum atomic E-state index is -0.759. The van der Waals surface area contributed by atoms with Crippen LogP contribution < -0.4 is 27.2 Å². The quantitative estimate of drug-likeness (QED) is 0.100. The summed E-state index contributed by atoms with van der Waals surface area (Å²) in [6.07, 6.45) is 0.960. The Kier molecular flexibility index (Phi) is 15.3. The number of hydrazine groups is 1. The van der Waals surface area contributed by atoms with Gasteiger partial charge in [-0.2, -0.15) is 0 Å². The van der Waals surface area contributed by atoms with Crippen molar-refractivity contribution in [3.8, 4) is 0 Å². The van der Waals surface area contributed by atoms with E-state index in [0.717, 1.165) is 6.42 Å². The molecule has 150 valence electrons. The fraction of sp³-hybridized carbons (Fsp3) is 0.733. The van der Waals surface area contributed by atoms with Crippen molar-refractivity contribution in [2.24, 2.45) is 5.73 Å². The van der Waals surface area contributed by atoms with Crippen LogP contribution in [-0.2, 0) is 28.7 Å². The maximum Gasteiger partial charge on any atom is 0.235 e. The highest BCUT2D eigenvalue weighted by Gasteiger charge is 2.13. The van der Waals surface area contributed by atoms with E-state index in [1.54, 1.807) is 0 Å². The van der Waals surface area contributed by atoms with E-state index in [-0.39, 0.29) is 25.5 Å². The molecule has 0 aromatic carbocycles. The molecule has 11 nitrogen and oxygen atoms in total. The number of hydrogen-bond acceptors (Lipinski definition) is 9. The molecular weight excluding hydrogens is 346 g/mol. The number of nitrogens with two attached hydrogens (primary N) is 1. The first-order chi connectivity index (χ1) is 12.5. The molecule has 0 spiro atoms. The topological polar surface area (TPSA) is 161 Å². The van der Waals surface area contributed by atoms with Crippen LogP contribution >= 0.6 is 0 Å². The van der Waals surface area contributed by atoms with E-state index in [1.807, 2.05) is 6.92 Å². The molecule has 0 radical (unpaired) electrons. The molecule has 0 rings (SSSR count). The van der Waals surface area contributed by atoms with Crippen LogP contribution in [0.4, 0.5) is 0 Å². The number of carbonyl (C=O) groups excluding carboxylic acids is 4. The number of carbonyl (C=O) groups is 4. The molecule has 0 aromatic heterocycles. The molecule has 11 heteroatoms. The van der Waals surface area contributed by atoms with E-state index in [9.17, 15) is 19.2 Å². The highest BCUT2D eigenvalue weighted by atomic mass is 16.5. The number of ether oxygens (including phenoxy) is 2. The predicted molar refractivity (Wildman–Crippen MR) is 93.0 cm³/mol. The molecule has 0 aliphatic carbocycles. The van der Waals surface area contributed by atoms with E-state index in [2.05, 4.69) is 21.5 Å². The summed E-state index contributed by atoms with van der Waals surface area (Å²) in [5.41, 5.74) is 10.0. The molecule has 6 N–H and O–H groups in total. The SMILES string of the molecule is CCCOCCOCCNC(=O)CNNCC(=O)C(=O)CNC(=O)CN. The summed E-state index contributed by atoms with van der Waals surface area (Å²) in [7, 11) is 0. The van der Waals surface area contributed by atoms with E-state index < -0.39 is 24.0 Å². The summed E-state index contributed by atoms with van der Waals surface area (Å²) in [4.78, 5) is 45.2. The fourth-order valence-corrected chi connectivity index (χ4v) is 1.53. The van der Waals surface area contributed by atoms with Crippen molar-refractivity contribution < 1.29 is 28.7 Å². The number of Topliss-reactive ketones (excluding diaryl/α,β-unsaturated/α-hetero) is 2. The van der Waals surface area contributed by atoms with E-state index in [1.165, 1.54) is 0 Å². The van der Waals surface area contributed by atoms with Gasteiger partial charge in [0.25, 0.3) is 0 Å². The van der Waals surface area contributed by atoms with Crippen LogP contribution in [-0.4, -0.2) is 82.5 Å². The second-order valence-corrected chi connectivity index (χ2v) is 5.11. The van der Waals surface area contributed by atoms with Crippen molar-refractivity contribution in [3.63, 3.8) is 0 Å². The van der Waals surface area contributed by atoms with Gasteiger partial charge >= 0.3 is 0 Å². The first-order valence-corrected chi connectivity index (χ1v) is 8.41. The maximum atomic E-state index is 11.5. The summed E-state index contributed by atoms with van der Waals surface area (Å²) >= 11 is 0. The van der Waals surface area contributed by atoms with E-state index in [0.29, 0.717) is 33.0 Å². The van der Waals surface area contributed by atoms with Crippen molar-refractivity contribution >= 4 is 23.4 Å². The second-order valence-electron chi connectivity index (χ2n) is 5.11. The third kappa shape index (κ3) is 14.4. The van der Waals surface area contributed by atoms with Gasteiger partial charge in [-0.15, -0.1) is 0 Å². The standard InChI is InChI=1S/C15H29N5O6/c1-2-4-25-6-7-26-5-3-17-15(24)11-20-19-10-13(22)12(21)9-18-14(23)8-16/h19-20H,2-11,16H2,1H3,(H,17,24)(H,18,23). The van der Waals surface area contributed by atoms with Crippen molar-refractivity contribution in [3.05, 3.63) is 0 Å². The van der Waals surface area contributed by atoms with Crippen LogP contribution in [0.1, 0.15) is 13.3 Å². The molecule has 0 aliphatic rings. The van der Waals surface area contributed by atoms with Crippen LogP contribution in [0.2, 0.25) is 0 Å². The Morgan fingerprint density at radius 1 is 0.769 bits per heavy atom. The van der Waals surface area contributed by atoms with Gasteiger partial charge in [-0.25, -0.2) is 10.9 Å². The Labute approximate surface area is 152 Å². The summed E-state index contributed by atoms with van der Waals surface area (Å²) in [6, 6.07) is 0. The molecule has 0 aliphatic heterocycles. The molecule has 0 unspecified atom stereocenters. The van der Waals surface area contributed by atoms with Gasteiger partial charge in [0.05, 0.1) is 46.0 Å². The van der Waals surface area contributed by atoms with E-state index in [4.69, 9.17) is 15.2 Å². The lowest BCUT2D eigenvalue weighted by Crippen LogP contribution is -2.46. The Hall–Kier alpha value is -1.92. The highest BCUT2D eigenvalue weighted by Crippen LogP contribution is 1.81. The van der Waals surface area contributed by atoms with Crippen molar-refractivity contribution in [1.29, 1.82) is 0 Å². The third-order valence-corrected chi connectivity index (χ3v) is 2.85. The van der Waals surface area contributed by atoms with Crippen molar-refractivity contribution in [2.45, 2.75) is 13.3 Å². The first kappa shape index (κ1) is 24.1. The smallest absolute Gasteiger partial charge is 0.235 e.